The smallest absolute Gasteiger partial charge is 0.327 e. The molecule has 0 spiro atoms. The van der Waals surface area contributed by atoms with Gasteiger partial charge in [-0.3, -0.25) is 14.4 Å². The molecule has 0 bridgehead atoms. The summed E-state index contributed by atoms with van der Waals surface area (Å²) in [5.74, 6) is -3.62. The number of hydrogen-bond donors (Lipinski definition) is 7. The molecule has 7 N–H and O–H groups in total. The standard InChI is InChI=1S/C10H18N4O6S/c11-1-7(16)12-2-8(17)13-5(3-15)9(18)14-6(4-21)10(19)20/h5-6,15,21H,1-4,11H2,(H,12,16)(H,13,17)(H,14,18)(H,19,20). The molecule has 0 saturated heterocycles. The monoisotopic (exact) mass is 322 g/mol. The number of thiol groups is 1. The minimum absolute atomic E-state index is 0.153. The van der Waals surface area contributed by atoms with Crippen molar-refractivity contribution in [3.8, 4) is 0 Å². The van der Waals surface area contributed by atoms with Gasteiger partial charge in [0, 0.05) is 5.75 Å². The minimum atomic E-state index is -1.34. The lowest BCUT2D eigenvalue weighted by molar-refractivity contribution is -0.141. The zero-order chi connectivity index (χ0) is 16.4. The first-order valence-electron chi connectivity index (χ1n) is 5.86. The summed E-state index contributed by atoms with van der Waals surface area (Å²) in [7, 11) is 0. The zero-order valence-corrected chi connectivity index (χ0v) is 11.9. The third-order valence-corrected chi connectivity index (χ3v) is 2.63. The highest BCUT2D eigenvalue weighted by atomic mass is 32.1. The van der Waals surface area contributed by atoms with Crippen LogP contribution in [0.3, 0.4) is 0 Å². The number of hydrogen-bond acceptors (Lipinski definition) is 7. The number of carbonyl (C=O) groups excluding carboxylic acids is 3. The second kappa shape index (κ2) is 9.96. The Balaban J connectivity index is 4.42. The van der Waals surface area contributed by atoms with Gasteiger partial charge < -0.3 is 31.9 Å². The number of carbonyl (C=O) groups is 4. The Labute approximate surface area is 125 Å². The lowest BCUT2D eigenvalue weighted by atomic mass is 10.2. The number of rotatable bonds is 9. The van der Waals surface area contributed by atoms with Crippen LogP contribution in [0.4, 0.5) is 0 Å². The Bertz CT molecular complexity index is 405. The predicted octanol–water partition coefficient (Wildman–Crippen LogP) is -3.96. The van der Waals surface area contributed by atoms with E-state index in [1.165, 1.54) is 0 Å². The van der Waals surface area contributed by atoms with Gasteiger partial charge in [0.25, 0.3) is 0 Å². The Hall–Kier alpha value is -1.85. The van der Waals surface area contributed by atoms with Crippen molar-refractivity contribution in [3.63, 3.8) is 0 Å². The van der Waals surface area contributed by atoms with Crippen LogP contribution in [-0.4, -0.2) is 71.4 Å². The van der Waals surface area contributed by atoms with Crippen LogP contribution in [0.5, 0.6) is 0 Å². The van der Waals surface area contributed by atoms with Crippen molar-refractivity contribution < 1.29 is 29.4 Å². The van der Waals surface area contributed by atoms with Gasteiger partial charge in [-0.1, -0.05) is 0 Å². The molecule has 3 amide bonds. The molecule has 11 heteroatoms. The minimum Gasteiger partial charge on any atom is -0.480 e. The highest BCUT2D eigenvalue weighted by molar-refractivity contribution is 7.80. The molecule has 0 saturated carbocycles. The maximum atomic E-state index is 11.7. The molecule has 0 aromatic carbocycles. The summed E-state index contributed by atoms with van der Waals surface area (Å²) in [6.45, 7) is -1.45. The SMILES string of the molecule is NCC(=O)NCC(=O)NC(CO)C(=O)NC(CS)C(=O)O. The number of nitrogens with two attached hydrogens (primary N) is 1. The van der Waals surface area contributed by atoms with Crippen molar-refractivity contribution in [2.45, 2.75) is 12.1 Å². The molecule has 10 nitrogen and oxygen atoms in total. The van der Waals surface area contributed by atoms with E-state index in [0.717, 1.165) is 0 Å². The highest BCUT2D eigenvalue weighted by Crippen LogP contribution is 1.91. The molecule has 0 aliphatic carbocycles. The molecule has 2 atom stereocenters. The maximum absolute atomic E-state index is 11.7. The van der Waals surface area contributed by atoms with E-state index in [4.69, 9.17) is 15.9 Å². The molecule has 0 rings (SSSR count). The fourth-order valence-corrected chi connectivity index (χ4v) is 1.40. The average Bonchev–Trinajstić information content (AvgIpc) is 2.46. The Kier molecular flexibility index (Phi) is 9.08. The van der Waals surface area contributed by atoms with Gasteiger partial charge in [-0.05, 0) is 0 Å². The van der Waals surface area contributed by atoms with Crippen LogP contribution in [0.1, 0.15) is 0 Å². The predicted molar refractivity (Wildman–Crippen MR) is 74.5 cm³/mol. The van der Waals surface area contributed by atoms with Gasteiger partial charge in [0.05, 0.1) is 19.7 Å². The molecule has 0 aliphatic rings. The molecule has 120 valence electrons. The first kappa shape index (κ1) is 19.1. The second-order valence-corrected chi connectivity index (χ2v) is 4.23. The van der Waals surface area contributed by atoms with Gasteiger partial charge in [0.2, 0.25) is 17.7 Å². The average molecular weight is 322 g/mol. The third kappa shape index (κ3) is 7.48. The van der Waals surface area contributed by atoms with Crippen molar-refractivity contribution in [1.82, 2.24) is 16.0 Å². The van der Waals surface area contributed by atoms with E-state index >= 15 is 0 Å². The van der Waals surface area contributed by atoms with E-state index in [1.54, 1.807) is 0 Å². The summed E-state index contributed by atoms with van der Waals surface area (Å²) in [4.78, 5) is 44.7. The molecule has 0 fully saturated rings. The van der Waals surface area contributed by atoms with Crippen LogP contribution in [-0.2, 0) is 19.2 Å². The van der Waals surface area contributed by atoms with Crippen molar-refractivity contribution in [3.05, 3.63) is 0 Å². The van der Waals surface area contributed by atoms with E-state index in [9.17, 15) is 19.2 Å². The van der Waals surface area contributed by atoms with E-state index in [2.05, 4.69) is 28.6 Å². The lowest BCUT2D eigenvalue weighted by Gasteiger charge is -2.19. The summed E-state index contributed by atoms with van der Waals surface area (Å²) < 4.78 is 0. The second-order valence-electron chi connectivity index (χ2n) is 3.87. The van der Waals surface area contributed by atoms with Crippen LogP contribution < -0.4 is 21.7 Å². The molecule has 0 radical (unpaired) electrons. The molecule has 2 unspecified atom stereocenters. The number of amides is 3. The van der Waals surface area contributed by atoms with Crippen molar-refractivity contribution in [2.75, 3.05) is 25.4 Å². The van der Waals surface area contributed by atoms with E-state index < -0.39 is 48.9 Å². The lowest BCUT2D eigenvalue weighted by Crippen LogP contribution is -2.55. The van der Waals surface area contributed by atoms with Gasteiger partial charge in [-0.25, -0.2) is 4.79 Å². The number of carboxylic acid groups (broad SMARTS) is 1. The van der Waals surface area contributed by atoms with Crippen molar-refractivity contribution >= 4 is 36.3 Å². The largest absolute Gasteiger partial charge is 0.480 e. The quantitative estimate of drug-likeness (QED) is 0.212. The van der Waals surface area contributed by atoms with E-state index in [-0.39, 0.29) is 12.3 Å². The number of aliphatic hydroxyl groups excluding tert-OH is 1. The molecule has 0 heterocycles. The summed E-state index contributed by atoms with van der Waals surface area (Å²) in [5, 5.41) is 24.2. The van der Waals surface area contributed by atoms with Gasteiger partial charge in [-0.15, -0.1) is 0 Å². The first-order chi connectivity index (χ1) is 9.85. The first-order valence-corrected chi connectivity index (χ1v) is 6.50. The van der Waals surface area contributed by atoms with Crippen molar-refractivity contribution in [1.29, 1.82) is 0 Å². The van der Waals surface area contributed by atoms with E-state index in [0.29, 0.717) is 0 Å². The van der Waals surface area contributed by atoms with Gasteiger partial charge in [-0.2, -0.15) is 12.6 Å². The van der Waals surface area contributed by atoms with E-state index in [1.807, 2.05) is 0 Å². The van der Waals surface area contributed by atoms with Crippen LogP contribution >= 0.6 is 12.6 Å². The molecule has 0 aliphatic heterocycles. The molecule has 0 aromatic heterocycles. The summed E-state index contributed by atoms with van der Waals surface area (Å²) in [6.07, 6.45) is 0. The maximum Gasteiger partial charge on any atom is 0.327 e. The number of aliphatic carboxylic acids is 1. The topological polar surface area (TPSA) is 171 Å². The van der Waals surface area contributed by atoms with Crippen molar-refractivity contribution in [2.24, 2.45) is 5.73 Å². The van der Waals surface area contributed by atoms with Gasteiger partial charge >= 0.3 is 5.97 Å². The Morgan fingerprint density at radius 1 is 1.10 bits per heavy atom. The zero-order valence-electron chi connectivity index (χ0n) is 11.0. The summed E-state index contributed by atoms with van der Waals surface area (Å²) in [5.41, 5.74) is 5.02. The van der Waals surface area contributed by atoms with Crippen LogP contribution in [0.25, 0.3) is 0 Å². The number of aliphatic hydroxyl groups is 1. The number of carboxylic acids is 1. The third-order valence-electron chi connectivity index (χ3n) is 2.26. The Morgan fingerprint density at radius 2 is 1.71 bits per heavy atom. The van der Waals surface area contributed by atoms with Crippen LogP contribution in [0, 0.1) is 0 Å². The fourth-order valence-electron chi connectivity index (χ4n) is 1.15. The van der Waals surface area contributed by atoms with Crippen LogP contribution in [0.15, 0.2) is 0 Å². The normalized spacial score (nSPS) is 12.9. The number of nitrogens with one attached hydrogen (secondary N) is 3. The van der Waals surface area contributed by atoms with Gasteiger partial charge in [0.15, 0.2) is 0 Å². The molecule has 0 aromatic rings. The summed E-state index contributed by atoms with van der Waals surface area (Å²) >= 11 is 3.76. The fraction of sp³-hybridized carbons (Fsp3) is 0.600. The summed E-state index contributed by atoms with van der Waals surface area (Å²) in [6, 6.07) is -2.59. The highest BCUT2D eigenvalue weighted by Gasteiger charge is 2.25. The van der Waals surface area contributed by atoms with Crippen LogP contribution in [0.2, 0.25) is 0 Å². The van der Waals surface area contributed by atoms with Gasteiger partial charge in [0.1, 0.15) is 12.1 Å². The molecule has 21 heavy (non-hydrogen) atoms. The molecular weight excluding hydrogens is 304 g/mol. The Morgan fingerprint density at radius 3 is 2.14 bits per heavy atom. The molecular formula is C10H18N4O6S.